The van der Waals surface area contributed by atoms with Crippen molar-refractivity contribution in [2.24, 2.45) is 15.9 Å². The minimum atomic E-state index is 0.667. The van der Waals surface area contributed by atoms with Crippen molar-refractivity contribution in [2.45, 2.75) is 70.6 Å². The van der Waals surface area contributed by atoms with Gasteiger partial charge in [-0.25, -0.2) is 4.99 Å². The van der Waals surface area contributed by atoms with E-state index in [1.807, 2.05) is 0 Å². The van der Waals surface area contributed by atoms with Crippen LogP contribution in [0.2, 0.25) is 0 Å². The summed E-state index contributed by atoms with van der Waals surface area (Å²) in [6.45, 7) is 0.999. The van der Waals surface area contributed by atoms with Gasteiger partial charge in [0.1, 0.15) is 6.34 Å². The minimum Gasteiger partial charge on any atom is -0.273 e. The minimum absolute atomic E-state index is 0.667. The Kier molecular flexibility index (Phi) is 5.74. The summed E-state index contributed by atoms with van der Waals surface area (Å²) in [5, 5.41) is 0. The maximum absolute atomic E-state index is 4.53. The third kappa shape index (κ3) is 4.61. The summed E-state index contributed by atoms with van der Waals surface area (Å²) < 4.78 is 0. The van der Waals surface area contributed by atoms with Crippen LogP contribution in [0.4, 0.5) is 0 Å². The van der Waals surface area contributed by atoms with Crippen LogP contribution < -0.4 is 0 Å². The first-order valence-electron chi connectivity index (χ1n) is 7.51. The summed E-state index contributed by atoms with van der Waals surface area (Å²) >= 11 is 0. The van der Waals surface area contributed by atoms with Gasteiger partial charge < -0.3 is 0 Å². The van der Waals surface area contributed by atoms with Crippen LogP contribution in [0.3, 0.4) is 0 Å². The first-order chi connectivity index (χ1) is 8.47. The van der Waals surface area contributed by atoms with Crippen molar-refractivity contribution in [1.82, 2.24) is 0 Å². The van der Waals surface area contributed by atoms with Crippen molar-refractivity contribution in [3.8, 4) is 0 Å². The summed E-state index contributed by atoms with van der Waals surface area (Å²) in [4.78, 5) is 8.86. The second-order valence-electron chi connectivity index (χ2n) is 5.52. The van der Waals surface area contributed by atoms with Gasteiger partial charge in [-0.1, -0.05) is 51.4 Å². The number of nitrogens with zero attached hydrogens (tertiary/aromatic N) is 2. The Bertz CT molecular complexity index is 268. The highest BCUT2D eigenvalue weighted by Crippen LogP contribution is 2.21. The third-order valence-electron chi connectivity index (χ3n) is 4.09. The molecule has 1 atom stereocenters. The molecule has 0 N–H and O–H groups in total. The zero-order valence-corrected chi connectivity index (χ0v) is 11.0. The highest BCUT2D eigenvalue weighted by atomic mass is 14.9. The van der Waals surface area contributed by atoms with Gasteiger partial charge in [-0.15, -0.1) is 0 Å². The van der Waals surface area contributed by atoms with Gasteiger partial charge in [0.15, 0.2) is 0 Å². The molecular weight excluding hydrogens is 208 g/mol. The van der Waals surface area contributed by atoms with E-state index >= 15 is 0 Å². The van der Waals surface area contributed by atoms with E-state index in [9.17, 15) is 0 Å². The first-order valence-corrected chi connectivity index (χ1v) is 7.51. The molecule has 2 heteroatoms. The Labute approximate surface area is 106 Å². The summed E-state index contributed by atoms with van der Waals surface area (Å²) in [6.07, 6.45) is 17.0. The van der Waals surface area contributed by atoms with Crippen LogP contribution in [0, 0.1) is 5.92 Å². The Morgan fingerprint density at radius 3 is 2.24 bits per heavy atom. The third-order valence-corrected chi connectivity index (χ3v) is 4.09. The fourth-order valence-corrected chi connectivity index (χ4v) is 2.96. The van der Waals surface area contributed by atoms with Crippen LogP contribution in [0.25, 0.3) is 0 Å². The van der Waals surface area contributed by atoms with Crippen molar-refractivity contribution in [3.63, 3.8) is 0 Å². The molecule has 1 aliphatic heterocycles. The maximum Gasteiger partial charge on any atom is 0.109 e. The van der Waals surface area contributed by atoms with Gasteiger partial charge in [0.25, 0.3) is 0 Å². The zero-order valence-electron chi connectivity index (χ0n) is 11.0. The quantitative estimate of drug-likeness (QED) is 0.594. The molecule has 1 heterocycles. The Balaban J connectivity index is 1.85. The monoisotopic (exact) mass is 234 g/mol. The van der Waals surface area contributed by atoms with Crippen molar-refractivity contribution in [1.29, 1.82) is 0 Å². The summed E-state index contributed by atoms with van der Waals surface area (Å²) in [5.74, 6) is 0.667. The molecule has 0 bridgehead atoms. The fraction of sp³-hybridized carbons (Fsp3) is 0.867. The molecule has 0 aromatic carbocycles. The number of hydrogen-bond acceptors (Lipinski definition) is 2. The molecule has 1 saturated carbocycles. The van der Waals surface area contributed by atoms with Crippen molar-refractivity contribution >= 4 is 12.1 Å². The highest BCUT2D eigenvalue weighted by molar-refractivity contribution is 5.93. The molecule has 2 nitrogen and oxygen atoms in total. The number of hydrogen-bond donors (Lipinski definition) is 0. The predicted molar refractivity (Wildman–Crippen MR) is 75.1 cm³/mol. The average Bonchev–Trinajstić information content (AvgIpc) is 2.38. The molecule has 96 valence electrons. The van der Waals surface area contributed by atoms with E-state index in [1.165, 1.54) is 76.3 Å². The second-order valence-corrected chi connectivity index (χ2v) is 5.52. The van der Waals surface area contributed by atoms with E-state index in [4.69, 9.17) is 0 Å². The van der Waals surface area contributed by atoms with E-state index in [0.29, 0.717) is 5.92 Å². The fourth-order valence-electron chi connectivity index (χ4n) is 2.96. The molecular formula is C15H26N2. The van der Waals surface area contributed by atoms with Crippen LogP contribution in [0.1, 0.15) is 70.6 Å². The maximum atomic E-state index is 4.53. The summed E-state index contributed by atoms with van der Waals surface area (Å²) in [6, 6.07) is 0. The molecule has 0 radical (unpaired) electrons. The molecule has 2 aliphatic rings. The van der Waals surface area contributed by atoms with Crippen LogP contribution in [0.15, 0.2) is 9.98 Å². The van der Waals surface area contributed by atoms with E-state index in [0.717, 1.165) is 6.54 Å². The van der Waals surface area contributed by atoms with E-state index in [-0.39, 0.29) is 0 Å². The normalized spacial score (nSPS) is 28.2. The largest absolute Gasteiger partial charge is 0.273 e. The van der Waals surface area contributed by atoms with Gasteiger partial charge in [-0.2, -0.15) is 0 Å². The van der Waals surface area contributed by atoms with Gasteiger partial charge in [0, 0.05) is 18.2 Å². The van der Waals surface area contributed by atoms with E-state index < -0.39 is 0 Å². The summed E-state index contributed by atoms with van der Waals surface area (Å²) in [5.41, 5.74) is 1.44. The van der Waals surface area contributed by atoms with Gasteiger partial charge in [-0.3, -0.25) is 4.99 Å². The molecule has 2 rings (SSSR count). The second kappa shape index (κ2) is 7.62. The van der Waals surface area contributed by atoms with Crippen molar-refractivity contribution < 1.29 is 0 Å². The SMILES string of the molecule is C1=NCC2CCCCCCCCCCCC2=N1. The van der Waals surface area contributed by atoms with Gasteiger partial charge >= 0.3 is 0 Å². The molecule has 1 fully saturated rings. The van der Waals surface area contributed by atoms with E-state index in [1.54, 1.807) is 6.34 Å². The number of rotatable bonds is 0. The Morgan fingerprint density at radius 1 is 0.824 bits per heavy atom. The topological polar surface area (TPSA) is 24.7 Å². The lowest BCUT2D eigenvalue weighted by molar-refractivity contribution is 0.533. The summed E-state index contributed by atoms with van der Waals surface area (Å²) in [7, 11) is 0. The number of fused-ring (bicyclic) bond motifs is 1. The lowest BCUT2D eigenvalue weighted by Gasteiger charge is -2.19. The van der Waals surface area contributed by atoms with E-state index in [2.05, 4.69) is 9.98 Å². The van der Waals surface area contributed by atoms with Gasteiger partial charge in [0.2, 0.25) is 0 Å². The molecule has 0 saturated heterocycles. The molecule has 1 aliphatic carbocycles. The molecule has 0 spiro atoms. The number of aliphatic imine (C=N–C) groups is 2. The van der Waals surface area contributed by atoms with Crippen molar-refractivity contribution in [3.05, 3.63) is 0 Å². The highest BCUT2D eigenvalue weighted by Gasteiger charge is 2.17. The van der Waals surface area contributed by atoms with Gasteiger partial charge in [-0.05, 0) is 19.3 Å². The molecule has 1 unspecified atom stereocenters. The molecule has 0 aromatic rings. The lowest BCUT2D eigenvalue weighted by atomic mass is 9.92. The Hall–Kier alpha value is -0.660. The van der Waals surface area contributed by atoms with Crippen LogP contribution in [0.5, 0.6) is 0 Å². The van der Waals surface area contributed by atoms with Crippen LogP contribution in [-0.4, -0.2) is 18.6 Å². The first kappa shape index (κ1) is 12.8. The predicted octanol–water partition coefficient (Wildman–Crippen LogP) is 4.39. The van der Waals surface area contributed by atoms with Gasteiger partial charge in [0.05, 0.1) is 0 Å². The molecule has 17 heavy (non-hydrogen) atoms. The van der Waals surface area contributed by atoms with Crippen molar-refractivity contribution in [2.75, 3.05) is 6.54 Å². The van der Waals surface area contributed by atoms with Crippen LogP contribution >= 0.6 is 0 Å². The Morgan fingerprint density at radius 2 is 1.47 bits per heavy atom. The molecule has 0 aromatic heterocycles. The molecule has 0 amide bonds. The lowest BCUT2D eigenvalue weighted by Crippen LogP contribution is -2.21. The zero-order chi connectivity index (χ0) is 11.8. The standard InChI is InChI=1S/C15H26N2/c1-2-4-6-8-10-14-12-16-13-17-15(14)11-9-7-5-3-1/h13-14H,1-12H2. The van der Waals surface area contributed by atoms with Crippen LogP contribution in [-0.2, 0) is 0 Å². The smallest absolute Gasteiger partial charge is 0.109 e. The average molecular weight is 234 g/mol.